The van der Waals surface area contributed by atoms with Crippen molar-refractivity contribution in [2.24, 2.45) is 10.9 Å². The summed E-state index contributed by atoms with van der Waals surface area (Å²) < 4.78 is 11.4. The number of hydrogen-bond acceptors (Lipinski definition) is 3. The molecule has 0 radical (unpaired) electrons. The largest absolute Gasteiger partial charge is 0.381 e. The standard InChI is InChI=1S/C21H35N3O2.HI/c1-6-22-20(24(5)14-19-10-11-25-15-19)23-13-17-8-7-9-18(12-17)16-26-21(2,3)4;/h7-9,12,19H,6,10-11,13-16H2,1-5H3,(H,22,23);1H. The summed E-state index contributed by atoms with van der Waals surface area (Å²) in [7, 11) is 2.10. The lowest BCUT2D eigenvalue weighted by Gasteiger charge is -2.24. The van der Waals surface area contributed by atoms with Crippen LogP contribution in [0.15, 0.2) is 29.3 Å². The van der Waals surface area contributed by atoms with Gasteiger partial charge in [0.05, 0.1) is 25.4 Å². The van der Waals surface area contributed by atoms with Crippen LogP contribution in [0.3, 0.4) is 0 Å². The molecule has 1 saturated heterocycles. The third kappa shape index (κ3) is 9.25. The van der Waals surface area contributed by atoms with Crippen LogP contribution in [0.1, 0.15) is 45.2 Å². The minimum absolute atomic E-state index is 0. The fraction of sp³-hybridized carbons (Fsp3) is 0.667. The molecule has 1 aromatic carbocycles. The van der Waals surface area contributed by atoms with Crippen molar-refractivity contribution >= 4 is 29.9 Å². The third-order valence-electron chi connectivity index (χ3n) is 4.33. The van der Waals surface area contributed by atoms with Crippen molar-refractivity contribution in [3.05, 3.63) is 35.4 Å². The molecule has 0 aromatic heterocycles. The normalized spacial score (nSPS) is 17.5. The van der Waals surface area contributed by atoms with E-state index in [1.807, 2.05) is 0 Å². The zero-order chi connectivity index (χ0) is 19.0. The molecule has 0 amide bonds. The summed E-state index contributed by atoms with van der Waals surface area (Å²) in [4.78, 5) is 7.04. The number of hydrogen-bond donors (Lipinski definition) is 1. The summed E-state index contributed by atoms with van der Waals surface area (Å²) >= 11 is 0. The first-order valence-electron chi connectivity index (χ1n) is 9.66. The minimum atomic E-state index is -0.126. The highest BCUT2D eigenvalue weighted by Crippen LogP contribution is 2.15. The number of rotatable bonds is 7. The maximum absolute atomic E-state index is 5.88. The number of nitrogens with one attached hydrogen (secondary N) is 1. The van der Waals surface area contributed by atoms with Crippen LogP contribution in [0.2, 0.25) is 0 Å². The van der Waals surface area contributed by atoms with Crippen molar-refractivity contribution in [1.82, 2.24) is 10.2 Å². The van der Waals surface area contributed by atoms with Crippen LogP contribution < -0.4 is 5.32 Å². The Morgan fingerprint density at radius 2 is 2.07 bits per heavy atom. The molecule has 1 unspecified atom stereocenters. The number of nitrogens with zero attached hydrogens (tertiary/aromatic N) is 2. The number of ether oxygens (including phenoxy) is 2. The van der Waals surface area contributed by atoms with Crippen molar-refractivity contribution in [2.45, 2.75) is 52.9 Å². The summed E-state index contributed by atoms with van der Waals surface area (Å²) in [5.74, 6) is 1.55. The van der Waals surface area contributed by atoms with E-state index in [0.717, 1.165) is 38.7 Å². The second-order valence-corrected chi connectivity index (χ2v) is 8.00. The summed E-state index contributed by atoms with van der Waals surface area (Å²) in [5, 5.41) is 3.40. The minimum Gasteiger partial charge on any atom is -0.381 e. The number of aliphatic imine (C=N–C) groups is 1. The molecule has 2 rings (SSSR count). The van der Waals surface area contributed by atoms with Crippen molar-refractivity contribution < 1.29 is 9.47 Å². The maximum atomic E-state index is 5.88. The van der Waals surface area contributed by atoms with E-state index in [1.54, 1.807) is 0 Å². The fourth-order valence-electron chi connectivity index (χ4n) is 2.95. The van der Waals surface area contributed by atoms with E-state index < -0.39 is 0 Å². The number of guanidine groups is 1. The van der Waals surface area contributed by atoms with Gasteiger partial charge < -0.3 is 19.7 Å². The SMILES string of the molecule is CCNC(=NCc1cccc(COC(C)(C)C)c1)N(C)CC1CCOC1.I. The summed E-state index contributed by atoms with van der Waals surface area (Å²) in [6, 6.07) is 8.50. The summed E-state index contributed by atoms with van der Waals surface area (Å²) in [6.45, 7) is 13.2. The molecule has 1 atom stereocenters. The first-order chi connectivity index (χ1) is 12.4. The molecule has 1 aromatic rings. The van der Waals surface area contributed by atoms with Crippen LogP contribution >= 0.6 is 24.0 Å². The monoisotopic (exact) mass is 489 g/mol. The molecule has 1 aliphatic heterocycles. The van der Waals surface area contributed by atoms with Gasteiger partial charge in [0.1, 0.15) is 0 Å². The van der Waals surface area contributed by atoms with Gasteiger partial charge in [0.15, 0.2) is 5.96 Å². The van der Waals surface area contributed by atoms with Gasteiger partial charge in [-0.05, 0) is 45.2 Å². The Balaban J connectivity index is 0.00000364. The quantitative estimate of drug-likeness (QED) is 0.357. The third-order valence-corrected chi connectivity index (χ3v) is 4.33. The first-order valence-corrected chi connectivity index (χ1v) is 9.66. The lowest BCUT2D eigenvalue weighted by Crippen LogP contribution is -2.41. The summed E-state index contributed by atoms with van der Waals surface area (Å²) in [6.07, 6.45) is 1.14. The van der Waals surface area contributed by atoms with Crippen LogP contribution in [-0.4, -0.2) is 49.8 Å². The molecule has 1 aliphatic rings. The van der Waals surface area contributed by atoms with E-state index in [9.17, 15) is 0 Å². The molecular weight excluding hydrogens is 453 g/mol. The number of halogens is 1. The van der Waals surface area contributed by atoms with Gasteiger partial charge in [0.2, 0.25) is 0 Å². The highest BCUT2D eigenvalue weighted by atomic mass is 127. The number of benzene rings is 1. The van der Waals surface area contributed by atoms with Gasteiger partial charge in [-0.25, -0.2) is 4.99 Å². The average molecular weight is 489 g/mol. The van der Waals surface area contributed by atoms with Crippen molar-refractivity contribution in [3.8, 4) is 0 Å². The Bertz CT molecular complexity index is 581. The van der Waals surface area contributed by atoms with Crippen LogP contribution in [-0.2, 0) is 22.6 Å². The highest BCUT2D eigenvalue weighted by Gasteiger charge is 2.19. The van der Waals surface area contributed by atoms with E-state index in [-0.39, 0.29) is 29.6 Å². The lowest BCUT2D eigenvalue weighted by molar-refractivity contribution is -0.0149. The molecule has 27 heavy (non-hydrogen) atoms. The molecular formula is C21H36IN3O2. The molecule has 6 heteroatoms. The molecule has 0 spiro atoms. The van der Waals surface area contributed by atoms with Gasteiger partial charge in [-0.15, -0.1) is 24.0 Å². The predicted octanol–water partition coefficient (Wildman–Crippen LogP) is 4.05. The van der Waals surface area contributed by atoms with Gasteiger partial charge in [0, 0.05) is 32.7 Å². The summed E-state index contributed by atoms with van der Waals surface area (Å²) in [5.41, 5.74) is 2.26. The first kappa shape index (κ1) is 24.2. The van der Waals surface area contributed by atoms with E-state index in [2.05, 4.69) is 69.2 Å². The molecule has 1 fully saturated rings. The van der Waals surface area contributed by atoms with E-state index >= 15 is 0 Å². The van der Waals surface area contributed by atoms with Crippen molar-refractivity contribution in [1.29, 1.82) is 0 Å². The molecule has 0 bridgehead atoms. The van der Waals surface area contributed by atoms with Crippen molar-refractivity contribution in [2.75, 3.05) is 33.4 Å². The Kier molecular flexibility index (Phi) is 10.6. The molecule has 1 heterocycles. The second-order valence-electron chi connectivity index (χ2n) is 8.00. The highest BCUT2D eigenvalue weighted by molar-refractivity contribution is 14.0. The zero-order valence-corrected chi connectivity index (χ0v) is 19.8. The van der Waals surface area contributed by atoms with Gasteiger partial charge in [0.25, 0.3) is 0 Å². The van der Waals surface area contributed by atoms with Gasteiger partial charge >= 0.3 is 0 Å². The molecule has 0 saturated carbocycles. The van der Waals surface area contributed by atoms with Crippen LogP contribution in [0.5, 0.6) is 0 Å². The maximum Gasteiger partial charge on any atom is 0.193 e. The van der Waals surface area contributed by atoms with Gasteiger partial charge in [-0.1, -0.05) is 24.3 Å². The smallest absolute Gasteiger partial charge is 0.193 e. The molecule has 154 valence electrons. The van der Waals surface area contributed by atoms with Crippen molar-refractivity contribution in [3.63, 3.8) is 0 Å². The fourth-order valence-corrected chi connectivity index (χ4v) is 2.95. The van der Waals surface area contributed by atoms with Gasteiger partial charge in [-0.2, -0.15) is 0 Å². The predicted molar refractivity (Wildman–Crippen MR) is 123 cm³/mol. The van der Waals surface area contributed by atoms with Crippen LogP contribution in [0, 0.1) is 5.92 Å². The van der Waals surface area contributed by atoms with Gasteiger partial charge in [-0.3, -0.25) is 0 Å². The Morgan fingerprint density at radius 1 is 1.33 bits per heavy atom. The lowest BCUT2D eigenvalue weighted by atomic mass is 10.1. The Morgan fingerprint density at radius 3 is 2.70 bits per heavy atom. The van der Waals surface area contributed by atoms with E-state index in [4.69, 9.17) is 14.5 Å². The zero-order valence-electron chi connectivity index (χ0n) is 17.5. The topological polar surface area (TPSA) is 46.1 Å². The molecule has 0 aliphatic carbocycles. The van der Waals surface area contributed by atoms with E-state index in [1.165, 1.54) is 11.1 Å². The second kappa shape index (κ2) is 11.9. The van der Waals surface area contributed by atoms with Crippen LogP contribution in [0.4, 0.5) is 0 Å². The molecule has 1 N–H and O–H groups in total. The van der Waals surface area contributed by atoms with Crippen LogP contribution in [0.25, 0.3) is 0 Å². The Hall–Kier alpha value is -0.860. The Labute approximate surface area is 181 Å². The average Bonchev–Trinajstić information content (AvgIpc) is 3.09. The molecule has 5 nitrogen and oxygen atoms in total. The van der Waals surface area contributed by atoms with E-state index in [0.29, 0.717) is 19.1 Å².